The average Bonchev–Trinajstić information content (AvgIpc) is 2.57. The Morgan fingerprint density at radius 3 is 2.64 bits per heavy atom. The quantitative estimate of drug-likeness (QED) is 0.704. The molecule has 3 heteroatoms. The van der Waals surface area contributed by atoms with Crippen LogP contribution in [0.3, 0.4) is 0 Å². The lowest BCUT2D eigenvalue weighted by atomic mass is 9.94. The highest BCUT2D eigenvalue weighted by Crippen LogP contribution is 2.34. The molecule has 0 aromatic heterocycles. The topological polar surface area (TPSA) is 21.3 Å². The van der Waals surface area contributed by atoms with Crippen LogP contribution in [0.25, 0.3) is 10.8 Å². The van der Waals surface area contributed by atoms with E-state index in [1.165, 1.54) is 21.9 Å². The standard InChI is InChI=1S/C19H16ClNO/c20-15-7-9-16(10-8-15)21-19-18-14(11-12-22-19)6-5-13-3-1-2-4-17(13)18/h1-10,19,21H,11-12H2. The third-order valence-corrected chi connectivity index (χ3v) is 4.37. The van der Waals surface area contributed by atoms with Crippen molar-refractivity contribution in [1.29, 1.82) is 0 Å². The van der Waals surface area contributed by atoms with Gasteiger partial charge in [-0.15, -0.1) is 0 Å². The molecule has 1 unspecified atom stereocenters. The lowest BCUT2D eigenvalue weighted by Gasteiger charge is -2.29. The fraction of sp³-hybridized carbons (Fsp3) is 0.158. The van der Waals surface area contributed by atoms with Crippen molar-refractivity contribution in [3.63, 3.8) is 0 Å². The number of halogens is 1. The highest BCUT2D eigenvalue weighted by Gasteiger charge is 2.23. The van der Waals surface area contributed by atoms with Crippen molar-refractivity contribution in [3.05, 3.63) is 76.8 Å². The molecule has 0 spiro atoms. The van der Waals surface area contributed by atoms with Gasteiger partial charge in [0, 0.05) is 16.3 Å². The Hall–Kier alpha value is -2.03. The van der Waals surface area contributed by atoms with Crippen LogP contribution in [0.15, 0.2) is 60.7 Å². The highest BCUT2D eigenvalue weighted by molar-refractivity contribution is 6.30. The van der Waals surface area contributed by atoms with Gasteiger partial charge in [-0.25, -0.2) is 0 Å². The summed E-state index contributed by atoms with van der Waals surface area (Å²) in [6.45, 7) is 0.733. The van der Waals surface area contributed by atoms with Crippen LogP contribution in [-0.4, -0.2) is 6.61 Å². The number of hydrogen-bond donors (Lipinski definition) is 1. The number of hydrogen-bond acceptors (Lipinski definition) is 2. The maximum Gasteiger partial charge on any atom is 0.154 e. The van der Waals surface area contributed by atoms with E-state index in [0.717, 1.165) is 23.7 Å². The van der Waals surface area contributed by atoms with Gasteiger partial charge in [-0.05, 0) is 47.0 Å². The molecule has 110 valence electrons. The van der Waals surface area contributed by atoms with Crippen LogP contribution in [0.1, 0.15) is 17.4 Å². The summed E-state index contributed by atoms with van der Waals surface area (Å²) in [5.74, 6) is 0. The number of anilines is 1. The Balaban J connectivity index is 1.77. The summed E-state index contributed by atoms with van der Waals surface area (Å²) in [5.41, 5.74) is 3.62. The van der Waals surface area contributed by atoms with E-state index >= 15 is 0 Å². The van der Waals surface area contributed by atoms with Crippen molar-refractivity contribution < 1.29 is 4.74 Å². The second kappa shape index (κ2) is 5.64. The molecule has 1 aliphatic rings. The first-order chi connectivity index (χ1) is 10.8. The molecule has 1 N–H and O–H groups in total. The van der Waals surface area contributed by atoms with Crippen molar-refractivity contribution in [1.82, 2.24) is 0 Å². The maximum absolute atomic E-state index is 6.00. The predicted octanol–water partition coefficient (Wildman–Crippen LogP) is 5.18. The number of benzene rings is 3. The summed E-state index contributed by atoms with van der Waals surface area (Å²) in [6, 6.07) is 20.6. The molecular formula is C19H16ClNO. The summed E-state index contributed by atoms with van der Waals surface area (Å²) < 4.78 is 6.00. The molecule has 0 radical (unpaired) electrons. The number of ether oxygens (including phenoxy) is 1. The van der Waals surface area contributed by atoms with Gasteiger partial charge < -0.3 is 10.1 Å². The molecule has 0 saturated carbocycles. The van der Waals surface area contributed by atoms with Crippen LogP contribution in [0.2, 0.25) is 5.02 Å². The van der Waals surface area contributed by atoms with E-state index in [1.54, 1.807) is 0 Å². The molecule has 2 nitrogen and oxygen atoms in total. The van der Waals surface area contributed by atoms with Gasteiger partial charge in [-0.3, -0.25) is 0 Å². The molecule has 0 aliphatic carbocycles. The normalized spacial score (nSPS) is 17.2. The van der Waals surface area contributed by atoms with E-state index in [0.29, 0.717) is 0 Å². The summed E-state index contributed by atoms with van der Waals surface area (Å²) in [4.78, 5) is 0. The van der Waals surface area contributed by atoms with Crippen LogP contribution in [0, 0.1) is 0 Å². The van der Waals surface area contributed by atoms with Crippen LogP contribution in [-0.2, 0) is 11.2 Å². The molecule has 4 rings (SSSR count). The van der Waals surface area contributed by atoms with Gasteiger partial charge in [-0.1, -0.05) is 48.0 Å². The van der Waals surface area contributed by atoms with Crippen molar-refractivity contribution in [2.75, 3.05) is 11.9 Å². The molecule has 0 bridgehead atoms. The maximum atomic E-state index is 6.00. The molecule has 1 heterocycles. The van der Waals surface area contributed by atoms with E-state index in [9.17, 15) is 0 Å². The van der Waals surface area contributed by atoms with E-state index in [4.69, 9.17) is 16.3 Å². The lowest BCUT2D eigenvalue weighted by Crippen LogP contribution is -2.23. The summed E-state index contributed by atoms with van der Waals surface area (Å²) in [6.07, 6.45) is 0.829. The summed E-state index contributed by atoms with van der Waals surface area (Å²) in [5, 5.41) is 6.71. The van der Waals surface area contributed by atoms with Gasteiger partial charge in [0.2, 0.25) is 0 Å². The van der Waals surface area contributed by atoms with Gasteiger partial charge in [-0.2, -0.15) is 0 Å². The lowest BCUT2D eigenvalue weighted by molar-refractivity contribution is 0.0629. The molecule has 1 aliphatic heterocycles. The number of nitrogens with one attached hydrogen (secondary N) is 1. The zero-order valence-electron chi connectivity index (χ0n) is 12.1. The summed E-state index contributed by atoms with van der Waals surface area (Å²) >= 11 is 5.95. The minimum Gasteiger partial charge on any atom is -0.356 e. The molecule has 0 saturated heterocycles. The van der Waals surface area contributed by atoms with Crippen LogP contribution in [0.5, 0.6) is 0 Å². The largest absolute Gasteiger partial charge is 0.356 e. The third kappa shape index (κ3) is 2.45. The Labute approximate surface area is 134 Å². The van der Waals surface area contributed by atoms with Gasteiger partial charge in [0.1, 0.15) is 0 Å². The van der Waals surface area contributed by atoms with Gasteiger partial charge in [0.25, 0.3) is 0 Å². The van der Waals surface area contributed by atoms with Gasteiger partial charge >= 0.3 is 0 Å². The Bertz CT molecular complexity index is 813. The first-order valence-electron chi connectivity index (χ1n) is 7.45. The molecular weight excluding hydrogens is 294 g/mol. The Kier molecular flexibility index (Phi) is 3.49. The SMILES string of the molecule is Clc1ccc(NC2OCCc3ccc4ccccc4c32)cc1. The van der Waals surface area contributed by atoms with E-state index in [1.807, 2.05) is 24.3 Å². The van der Waals surface area contributed by atoms with Crippen LogP contribution in [0.4, 0.5) is 5.69 Å². The fourth-order valence-electron chi connectivity index (χ4n) is 3.05. The smallest absolute Gasteiger partial charge is 0.154 e. The number of rotatable bonds is 2. The molecule has 0 amide bonds. The van der Waals surface area contributed by atoms with Gasteiger partial charge in [0.15, 0.2) is 6.23 Å². The average molecular weight is 310 g/mol. The third-order valence-electron chi connectivity index (χ3n) is 4.12. The zero-order valence-corrected chi connectivity index (χ0v) is 12.8. The predicted molar refractivity (Wildman–Crippen MR) is 91.4 cm³/mol. The first-order valence-corrected chi connectivity index (χ1v) is 7.83. The molecule has 1 atom stereocenters. The summed E-state index contributed by atoms with van der Waals surface area (Å²) in [7, 11) is 0. The van der Waals surface area contributed by atoms with Crippen molar-refractivity contribution in [3.8, 4) is 0 Å². The Morgan fingerprint density at radius 2 is 1.77 bits per heavy atom. The molecule has 0 fully saturated rings. The number of fused-ring (bicyclic) bond motifs is 3. The molecule has 3 aromatic carbocycles. The van der Waals surface area contributed by atoms with E-state index in [2.05, 4.69) is 41.7 Å². The second-order valence-corrected chi connectivity index (χ2v) is 5.95. The molecule has 3 aromatic rings. The van der Waals surface area contributed by atoms with Crippen molar-refractivity contribution in [2.45, 2.75) is 12.6 Å². The minimum atomic E-state index is -0.129. The van der Waals surface area contributed by atoms with Crippen molar-refractivity contribution >= 4 is 28.1 Å². The van der Waals surface area contributed by atoms with E-state index in [-0.39, 0.29) is 6.23 Å². The van der Waals surface area contributed by atoms with Gasteiger partial charge in [0.05, 0.1) is 6.61 Å². The molecule has 22 heavy (non-hydrogen) atoms. The zero-order chi connectivity index (χ0) is 14.9. The fourth-order valence-corrected chi connectivity index (χ4v) is 3.18. The van der Waals surface area contributed by atoms with Crippen LogP contribution >= 0.6 is 11.6 Å². The van der Waals surface area contributed by atoms with E-state index < -0.39 is 0 Å². The Morgan fingerprint density at radius 1 is 0.955 bits per heavy atom. The van der Waals surface area contributed by atoms with Crippen molar-refractivity contribution in [2.24, 2.45) is 0 Å². The van der Waals surface area contributed by atoms with Crippen LogP contribution < -0.4 is 5.32 Å². The second-order valence-electron chi connectivity index (χ2n) is 5.51. The monoisotopic (exact) mass is 309 g/mol. The highest BCUT2D eigenvalue weighted by atomic mass is 35.5. The first kappa shape index (κ1) is 13.6. The minimum absolute atomic E-state index is 0.129.